The Hall–Kier alpha value is -1.79. The van der Waals surface area contributed by atoms with Crippen molar-refractivity contribution in [2.75, 3.05) is 5.32 Å². The van der Waals surface area contributed by atoms with Crippen LogP contribution in [0.15, 0.2) is 36.4 Å². The Balaban J connectivity index is 2.05. The predicted molar refractivity (Wildman–Crippen MR) is 72.2 cm³/mol. The van der Waals surface area contributed by atoms with Crippen LogP contribution >= 0.6 is 11.3 Å². The molecular weight excluding hydrogens is 228 g/mol. The molecule has 2 nitrogen and oxygen atoms in total. The van der Waals surface area contributed by atoms with Crippen LogP contribution in [0, 0.1) is 11.3 Å². The van der Waals surface area contributed by atoms with Crippen LogP contribution in [0.1, 0.15) is 22.2 Å². The van der Waals surface area contributed by atoms with Crippen LogP contribution in [-0.2, 0) is 13.0 Å². The third-order valence-corrected chi connectivity index (χ3v) is 3.61. The van der Waals surface area contributed by atoms with Crippen LogP contribution in [0.4, 0.5) is 5.69 Å². The molecule has 0 saturated carbocycles. The topological polar surface area (TPSA) is 35.8 Å². The fourth-order valence-corrected chi connectivity index (χ4v) is 2.46. The Labute approximate surface area is 106 Å². The summed E-state index contributed by atoms with van der Waals surface area (Å²) in [7, 11) is 0. The summed E-state index contributed by atoms with van der Waals surface area (Å²) in [4.78, 5) is 1.96. The molecule has 0 amide bonds. The normalized spacial score (nSPS) is 9.88. The molecule has 0 unspecified atom stereocenters. The molecule has 0 atom stereocenters. The lowest BCUT2D eigenvalue weighted by molar-refractivity contribution is 1.11. The van der Waals surface area contributed by atoms with E-state index < -0.39 is 0 Å². The van der Waals surface area contributed by atoms with E-state index in [9.17, 15) is 0 Å². The van der Waals surface area contributed by atoms with Crippen molar-refractivity contribution in [3.05, 3.63) is 51.7 Å². The number of hydrogen-bond donors (Lipinski definition) is 1. The lowest BCUT2D eigenvalue weighted by atomic mass is 10.1. The molecule has 1 heterocycles. The van der Waals surface area contributed by atoms with Gasteiger partial charge in [0.1, 0.15) is 10.9 Å². The first kappa shape index (κ1) is 11.7. The van der Waals surface area contributed by atoms with E-state index in [1.807, 2.05) is 18.2 Å². The Morgan fingerprint density at radius 3 is 2.76 bits per heavy atom. The summed E-state index contributed by atoms with van der Waals surface area (Å²) < 4.78 is 0. The van der Waals surface area contributed by atoms with Gasteiger partial charge in [-0.2, -0.15) is 5.26 Å². The molecule has 17 heavy (non-hydrogen) atoms. The molecule has 2 aromatic rings. The second-order valence-electron chi connectivity index (χ2n) is 3.74. The fourth-order valence-electron chi connectivity index (χ4n) is 1.72. The number of nitrogens with one attached hydrogen (secondary N) is 1. The van der Waals surface area contributed by atoms with Crippen molar-refractivity contribution in [3.8, 4) is 6.07 Å². The molecule has 0 aliphatic carbocycles. The Morgan fingerprint density at radius 2 is 2.06 bits per heavy atom. The summed E-state index contributed by atoms with van der Waals surface area (Å²) in [6, 6.07) is 14.4. The minimum Gasteiger partial charge on any atom is -0.380 e. The van der Waals surface area contributed by atoms with Gasteiger partial charge in [-0.15, -0.1) is 11.3 Å². The van der Waals surface area contributed by atoms with Gasteiger partial charge in [-0.05, 0) is 30.2 Å². The smallest absolute Gasteiger partial charge is 0.110 e. The average molecular weight is 242 g/mol. The summed E-state index contributed by atoms with van der Waals surface area (Å²) in [5.41, 5.74) is 2.51. The first-order valence-electron chi connectivity index (χ1n) is 5.64. The quantitative estimate of drug-likeness (QED) is 0.885. The molecule has 0 saturated heterocycles. The molecular formula is C14H14N2S. The van der Waals surface area contributed by atoms with Crippen molar-refractivity contribution in [2.45, 2.75) is 19.9 Å². The molecule has 0 spiro atoms. The Bertz CT molecular complexity index is 537. The molecule has 0 radical (unpaired) electrons. The van der Waals surface area contributed by atoms with Gasteiger partial charge in [0.25, 0.3) is 0 Å². The zero-order valence-electron chi connectivity index (χ0n) is 9.73. The third kappa shape index (κ3) is 2.86. The van der Waals surface area contributed by atoms with Crippen molar-refractivity contribution in [3.63, 3.8) is 0 Å². The van der Waals surface area contributed by atoms with Crippen LogP contribution in [0.25, 0.3) is 0 Å². The van der Waals surface area contributed by atoms with E-state index in [0.29, 0.717) is 0 Å². The van der Waals surface area contributed by atoms with Crippen LogP contribution < -0.4 is 5.32 Å². The minimum atomic E-state index is 0.769. The van der Waals surface area contributed by atoms with Crippen molar-refractivity contribution in [1.82, 2.24) is 0 Å². The lowest BCUT2D eigenvalue weighted by Crippen LogP contribution is -2.00. The molecule has 0 aliphatic heterocycles. The predicted octanol–water partition coefficient (Wildman–Crippen LogP) is 3.79. The number of benzene rings is 1. The van der Waals surface area contributed by atoms with Gasteiger partial charge in [0.05, 0.1) is 0 Å². The highest BCUT2D eigenvalue weighted by atomic mass is 32.1. The monoisotopic (exact) mass is 242 g/mol. The molecule has 1 aromatic carbocycles. The summed E-state index contributed by atoms with van der Waals surface area (Å²) in [6.07, 6.45) is 1.02. The number of para-hydroxylation sites is 1. The third-order valence-electron chi connectivity index (χ3n) is 2.62. The number of thiophene rings is 1. The van der Waals surface area contributed by atoms with Gasteiger partial charge < -0.3 is 5.32 Å². The highest BCUT2D eigenvalue weighted by molar-refractivity contribution is 7.12. The van der Waals surface area contributed by atoms with E-state index in [2.05, 4.69) is 36.5 Å². The van der Waals surface area contributed by atoms with Crippen molar-refractivity contribution >= 4 is 17.0 Å². The standard InChI is InChI=1S/C14H14N2S/c1-2-11-5-3-4-6-14(11)16-10-13-8-7-12(9-15)17-13/h3-8,16H,2,10H2,1H3. The number of rotatable bonds is 4. The molecule has 1 N–H and O–H groups in total. The summed E-state index contributed by atoms with van der Waals surface area (Å²) in [5, 5.41) is 12.2. The molecule has 0 fully saturated rings. The van der Waals surface area contributed by atoms with Gasteiger partial charge in [-0.25, -0.2) is 0 Å². The Morgan fingerprint density at radius 1 is 1.24 bits per heavy atom. The van der Waals surface area contributed by atoms with E-state index in [4.69, 9.17) is 5.26 Å². The van der Waals surface area contributed by atoms with Crippen LogP contribution in [0.3, 0.4) is 0 Å². The zero-order valence-corrected chi connectivity index (χ0v) is 10.6. The lowest BCUT2D eigenvalue weighted by Gasteiger charge is -2.09. The number of aryl methyl sites for hydroxylation is 1. The summed E-state index contributed by atoms with van der Waals surface area (Å²) in [5.74, 6) is 0. The highest BCUT2D eigenvalue weighted by Gasteiger charge is 2.01. The number of anilines is 1. The maximum absolute atomic E-state index is 8.76. The fraction of sp³-hybridized carbons (Fsp3) is 0.214. The summed E-state index contributed by atoms with van der Waals surface area (Å²) >= 11 is 1.54. The molecule has 3 heteroatoms. The Kier molecular flexibility index (Phi) is 3.79. The van der Waals surface area contributed by atoms with Crippen LogP contribution in [-0.4, -0.2) is 0 Å². The SMILES string of the molecule is CCc1ccccc1NCc1ccc(C#N)s1. The minimum absolute atomic E-state index is 0.769. The number of nitriles is 1. The maximum atomic E-state index is 8.76. The van der Waals surface area contributed by atoms with Gasteiger partial charge >= 0.3 is 0 Å². The molecule has 2 rings (SSSR count). The van der Waals surface area contributed by atoms with E-state index >= 15 is 0 Å². The largest absolute Gasteiger partial charge is 0.380 e. The zero-order chi connectivity index (χ0) is 12.1. The highest BCUT2D eigenvalue weighted by Crippen LogP contribution is 2.19. The van der Waals surface area contributed by atoms with Gasteiger partial charge in [0, 0.05) is 17.1 Å². The number of hydrogen-bond acceptors (Lipinski definition) is 3. The van der Waals surface area contributed by atoms with Gasteiger partial charge in [0.15, 0.2) is 0 Å². The van der Waals surface area contributed by atoms with Crippen LogP contribution in [0.5, 0.6) is 0 Å². The molecule has 0 bridgehead atoms. The first-order valence-corrected chi connectivity index (χ1v) is 6.45. The number of nitrogens with zero attached hydrogens (tertiary/aromatic N) is 1. The molecule has 86 valence electrons. The van der Waals surface area contributed by atoms with E-state index in [-0.39, 0.29) is 0 Å². The van der Waals surface area contributed by atoms with Crippen molar-refractivity contribution < 1.29 is 0 Å². The second kappa shape index (κ2) is 5.51. The van der Waals surface area contributed by atoms with Crippen LogP contribution in [0.2, 0.25) is 0 Å². The average Bonchev–Trinajstić information content (AvgIpc) is 2.84. The van der Waals surface area contributed by atoms with Crippen molar-refractivity contribution in [2.24, 2.45) is 0 Å². The van der Waals surface area contributed by atoms with E-state index in [0.717, 1.165) is 17.8 Å². The molecule has 0 aliphatic rings. The second-order valence-corrected chi connectivity index (χ2v) is 4.91. The first-order chi connectivity index (χ1) is 8.33. The summed E-state index contributed by atoms with van der Waals surface area (Å²) in [6.45, 7) is 2.93. The van der Waals surface area contributed by atoms with Gasteiger partial charge in [-0.1, -0.05) is 25.1 Å². The van der Waals surface area contributed by atoms with E-state index in [1.165, 1.54) is 16.1 Å². The maximum Gasteiger partial charge on any atom is 0.110 e. The van der Waals surface area contributed by atoms with E-state index in [1.54, 1.807) is 11.3 Å². The molecule has 1 aromatic heterocycles. The van der Waals surface area contributed by atoms with Gasteiger partial charge in [0.2, 0.25) is 0 Å². The van der Waals surface area contributed by atoms with Crippen molar-refractivity contribution in [1.29, 1.82) is 5.26 Å². The van der Waals surface area contributed by atoms with Gasteiger partial charge in [-0.3, -0.25) is 0 Å².